The van der Waals surface area contributed by atoms with Crippen molar-refractivity contribution in [2.75, 3.05) is 13.2 Å². The summed E-state index contributed by atoms with van der Waals surface area (Å²) in [6.07, 6.45) is 3.79. The molecule has 5 nitrogen and oxygen atoms in total. The molecule has 0 saturated heterocycles. The summed E-state index contributed by atoms with van der Waals surface area (Å²) < 4.78 is 0. The number of aliphatic hydroxyl groups excluding tert-OH is 1. The molecule has 0 fully saturated rings. The number of carbonyl (C=O) groups excluding carboxylic acids is 1. The van der Waals surface area contributed by atoms with Gasteiger partial charge in [-0.15, -0.1) is 0 Å². The molecule has 106 valence electrons. The summed E-state index contributed by atoms with van der Waals surface area (Å²) in [5.74, 6) is -0.279. The Hall–Kier alpha value is -2.32. The first-order chi connectivity index (χ1) is 9.67. The van der Waals surface area contributed by atoms with E-state index in [0.717, 1.165) is 12.8 Å². The Labute approximate surface area is 118 Å². The van der Waals surface area contributed by atoms with Crippen LogP contribution in [0.1, 0.15) is 24.8 Å². The minimum absolute atomic E-state index is 0.0258. The van der Waals surface area contributed by atoms with Crippen LogP contribution in [0, 0.1) is 11.3 Å². The molecule has 0 bridgehead atoms. The van der Waals surface area contributed by atoms with Gasteiger partial charge in [0.1, 0.15) is 17.4 Å². The Morgan fingerprint density at radius 1 is 1.25 bits per heavy atom. The number of benzene rings is 1. The van der Waals surface area contributed by atoms with Gasteiger partial charge in [-0.2, -0.15) is 5.26 Å². The van der Waals surface area contributed by atoms with Gasteiger partial charge in [-0.1, -0.05) is 12.1 Å². The van der Waals surface area contributed by atoms with Gasteiger partial charge in [-0.3, -0.25) is 4.79 Å². The van der Waals surface area contributed by atoms with E-state index in [2.05, 4.69) is 5.32 Å². The molecule has 1 rings (SSSR count). The van der Waals surface area contributed by atoms with Crippen LogP contribution in [0.4, 0.5) is 0 Å². The molecular formula is C15H18N2O3. The maximum absolute atomic E-state index is 11.8. The van der Waals surface area contributed by atoms with Gasteiger partial charge in [-0.05, 0) is 43.0 Å². The van der Waals surface area contributed by atoms with Crippen molar-refractivity contribution in [1.82, 2.24) is 5.32 Å². The Kier molecular flexibility index (Phi) is 6.87. The fraction of sp³-hybridized carbons (Fsp3) is 0.333. The number of aliphatic hydroxyl groups is 1. The Morgan fingerprint density at radius 3 is 2.55 bits per heavy atom. The van der Waals surface area contributed by atoms with Gasteiger partial charge < -0.3 is 15.5 Å². The summed E-state index contributed by atoms with van der Waals surface area (Å²) in [7, 11) is 0. The van der Waals surface area contributed by atoms with Crippen molar-refractivity contribution in [2.45, 2.75) is 19.3 Å². The number of phenolic OH excluding ortho intramolecular Hbond substituents is 1. The molecule has 0 aromatic heterocycles. The highest BCUT2D eigenvalue weighted by molar-refractivity contribution is 6.01. The second-order valence-corrected chi connectivity index (χ2v) is 4.30. The zero-order valence-electron chi connectivity index (χ0n) is 11.2. The third-order valence-corrected chi connectivity index (χ3v) is 2.69. The van der Waals surface area contributed by atoms with Crippen molar-refractivity contribution in [3.05, 3.63) is 35.4 Å². The van der Waals surface area contributed by atoms with Gasteiger partial charge in [0.2, 0.25) is 0 Å². The highest BCUT2D eigenvalue weighted by Crippen LogP contribution is 2.12. The van der Waals surface area contributed by atoms with E-state index in [4.69, 9.17) is 15.5 Å². The SMILES string of the molecule is N#C/C(=C\c1ccc(O)cc1)C(=O)NCCCCCO. The van der Waals surface area contributed by atoms with E-state index in [1.54, 1.807) is 12.1 Å². The number of nitrogens with one attached hydrogen (secondary N) is 1. The second-order valence-electron chi connectivity index (χ2n) is 4.30. The highest BCUT2D eigenvalue weighted by Gasteiger charge is 2.07. The predicted octanol–water partition coefficient (Wildman–Crippen LogP) is 1.58. The lowest BCUT2D eigenvalue weighted by molar-refractivity contribution is -0.117. The third-order valence-electron chi connectivity index (χ3n) is 2.69. The van der Waals surface area contributed by atoms with E-state index in [1.807, 2.05) is 6.07 Å². The van der Waals surface area contributed by atoms with Crippen molar-refractivity contribution < 1.29 is 15.0 Å². The number of carbonyl (C=O) groups is 1. The zero-order chi connectivity index (χ0) is 14.8. The minimum atomic E-state index is -0.412. The molecule has 0 aliphatic rings. The zero-order valence-corrected chi connectivity index (χ0v) is 11.2. The fourth-order valence-corrected chi connectivity index (χ4v) is 1.60. The summed E-state index contributed by atoms with van der Waals surface area (Å²) in [6.45, 7) is 0.631. The predicted molar refractivity (Wildman–Crippen MR) is 75.6 cm³/mol. The van der Waals surface area contributed by atoms with Gasteiger partial charge in [-0.25, -0.2) is 0 Å². The van der Waals surface area contributed by atoms with Crippen molar-refractivity contribution in [3.63, 3.8) is 0 Å². The Bertz CT molecular complexity index is 501. The number of nitriles is 1. The maximum Gasteiger partial charge on any atom is 0.261 e. The van der Waals surface area contributed by atoms with Gasteiger partial charge in [0.25, 0.3) is 5.91 Å². The first-order valence-corrected chi connectivity index (χ1v) is 6.47. The average Bonchev–Trinajstić information content (AvgIpc) is 2.46. The van der Waals surface area contributed by atoms with E-state index in [1.165, 1.54) is 18.2 Å². The topological polar surface area (TPSA) is 93.3 Å². The molecule has 0 saturated carbocycles. The van der Waals surface area contributed by atoms with E-state index in [-0.39, 0.29) is 17.9 Å². The van der Waals surface area contributed by atoms with E-state index in [0.29, 0.717) is 18.5 Å². The molecule has 1 aromatic carbocycles. The van der Waals surface area contributed by atoms with Crippen LogP contribution in [0.5, 0.6) is 5.75 Å². The van der Waals surface area contributed by atoms with Gasteiger partial charge in [0.05, 0.1) is 0 Å². The van der Waals surface area contributed by atoms with Crippen molar-refractivity contribution in [1.29, 1.82) is 5.26 Å². The highest BCUT2D eigenvalue weighted by atomic mass is 16.3. The lowest BCUT2D eigenvalue weighted by Gasteiger charge is -2.04. The van der Waals surface area contributed by atoms with E-state index >= 15 is 0 Å². The summed E-state index contributed by atoms with van der Waals surface area (Å²) in [5.41, 5.74) is 0.702. The van der Waals surface area contributed by atoms with Crippen LogP contribution in [0.25, 0.3) is 6.08 Å². The molecule has 0 atom stereocenters. The normalized spacial score (nSPS) is 10.9. The lowest BCUT2D eigenvalue weighted by atomic mass is 10.1. The molecule has 3 N–H and O–H groups in total. The fourth-order valence-electron chi connectivity index (χ4n) is 1.60. The summed E-state index contributed by atoms with van der Waals surface area (Å²) >= 11 is 0. The monoisotopic (exact) mass is 274 g/mol. The van der Waals surface area contributed by atoms with Crippen LogP contribution < -0.4 is 5.32 Å². The Balaban J connectivity index is 2.55. The largest absolute Gasteiger partial charge is 0.508 e. The number of nitrogens with zero attached hydrogens (tertiary/aromatic N) is 1. The second kappa shape index (κ2) is 8.73. The quantitative estimate of drug-likeness (QED) is 0.400. The van der Waals surface area contributed by atoms with E-state index in [9.17, 15) is 4.79 Å². The summed E-state index contributed by atoms with van der Waals surface area (Å²) in [5, 5.41) is 29.4. The Morgan fingerprint density at radius 2 is 1.95 bits per heavy atom. The molecule has 0 radical (unpaired) electrons. The molecule has 20 heavy (non-hydrogen) atoms. The number of aromatic hydroxyl groups is 1. The molecule has 1 aromatic rings. The van der Waals surface area contributed by atoms with Crippen LogP contribution in [-0.4, -0.2) is 29.3 Å². The molecule has 0 unspecified atom stereocenters. The van der Waals surface area contributed by atoms with Crippen molar-refractivity contribution >= 4 is 12.0 Å². The molecule has 0 heterocycles. The summed E-state index contributed by atoms with van der Waals surface area (Å²) in [6, 6.07) is 8.10. The number of amides is 1. The first kappa shape index (κ1) is 15.7. The van der Waals surface area contributed by atoms with Crippen LogP contribution in [0.2, 0.25) is 0 Å². The van der Waals surface area contributed by atoms with Crippen LogP contribution in [0.3, 0.4) is 0 Å². The number of phenols is 1. The third kappa shape index (κ3) is 5.55. The summed E-state index contributed by atoms with van der Waals surface area (Å²) in [4.78, 5) is 11.8. The molecular weight excluding hydrogens is 256 g/mol. The molecule has 5 heteroatoms. The van der Waals surface area contributed by atoms with Crippen molar-refractivity contribution in [3.8, 4) is 11.8 Å². The standard InChI is InChI=1S/C15H18N2O3/c16-11-13(10-12-4-6-14(19)7-5-12)15(20)17-8-2-1-3-9-18/h4-7,10,18-19H,1-3,8-9H2,(H,17,20)/b13-10+. The van der Waals surface area contributed by atoms with Crippen LogP contribution >= 0.6 is 0 Å². The number of rotatable bonds is 7. The molecule has 0 spiro atoms. The number of hydrogen-bond acceptors (Lipinski definition) is 4. The molecule has 0 aliphatic carbocycles. The maximum atomic E-state index is 11.8. The molecule has 0 aliphatic heterocycles. The van der Waals surface area contributed by atoms with Crippen molar-refractivity contribution in [2.24, 2.45) is 0 Å². The lowest BCUT2D eigenvalue weighted by Crippen LogP contribution is -2.25. The molecule has 1 amide bonds. The minimum Gasteiger partial charge on any atom is -0.508 e. The number of unbranched alkanes of at least 4 members (excludes halogenated alkanes) is 2. The van der Waals surface area contributed by atoms with Gasteiger partial charge in [0.15, 0.2) is 0 Å². The smallest absolute Gasteiger partial charge is 0.261 e. The number of hydrogen-bond donors (Lipinski definition) is 3. The van der Waals surface area contributed by atoms with E-state index < -0.39 is 5.91 Å². The average molecular weight is 274 g/mol. The van der Waals surface area contributed by atoms with Gasteiger partial charge >= 0.3 is 0 Å². The van der Waals surface area contributed by atoms with Crippen LogP contribution in [0.15, 0.2) is 29.8 Å². The van der Waals surface area contributed by atoms with Crippen LogP contribution in [-0.2, 0) is 4.79 Å². The first-order valence-electron chi connectivity index (χ1n) is 6.47. The van der Waals surface area contributed by atoms with Gasteiger partial charge in [0, 0.05) is 13.2 Å².